The third-order valence-corrected chi connectivity index (χ3v) is 2.54. The third-order valence-electron chi connectivity index (χ3n) is 2.54. The van der Waals surface area contributed by atoms with Gasteiger partial charge >= 0.3 is 0 Å². The molecule has 1 unspecified atom stereocenters. The molecule has 18 heavy (non-hydrogen) atoms. The highest BCUT2D eigenvalue weighted by atomic mass is 16.5. The van der Waals surface area contributed by atoms with Gasteiger partial charge in [-0.3, -0.25) is 4.79 Å². The van der Waals surface area contributed by atoms with E-state index in [-0.39, 0.29) is 18.0 Å². The molecule has 0 aliphatic heterocycles. The zero-order chi connectivity index (χ0) is 13.6. The number of carbonyl (C=O) groups excluding carboxylic acids is 1. The molecule has 0 aromatic carbocycles. The molecule has 106 valence electrons. The van der Waals surface area contributed by atoms with Crippen molar-refractivity contribution in [1.29, 1.82) is 0 Å². The molecular weight excluding hydrogens is 232 g/mol. The van der Waals surface area contributed by atoms with Crippen molar-refractivity contribution in [1.82, 2.24) is 10.6 Å². The van der Waals surface area contributed by atoms with E-state index < -0.39 is 6.10 Å². The Morgan fingerprint density at radius 2 is 2.11 bits per heavy atom. The number of nitrogens with one attached hydrogen (secondary N) is 2. The van der Waals surface area contributed by atoms with Crippen LogP contribution in [0.25, 0.3) is 0 Å². The van der Waals surface area contributed by atoms with Gasteiger partial charge in [-0.05, 0) is 39.5 Å². The molecule has 1 amide bonds. The Balaban J connectivity index is 1.96. The Bertz CT molecular complexity index is 259. The van der Waals surface area contributed by atoms with Crippen LogP contribution in [0.3, 0.4) is 0 Å². The topological polar surface area (TPSA) is 70.6 Å². The summed E-state index contributed by atoms with van der Waals surface area (Å²) in [5.41, 5.74) is -0.218. The van der Waals surface area contributed by atoms with Gasteiger partial charge in [0, 0.05) is 18.7 Å². The van der Waals surface area contributed by atoms with E-state index >= 15 is 0 Å². The van der Waals surface area contributed by atoms with Gasteiger partial charge in [0.2, 0.25) is 5.91 Å². The lowest BCUT2D eigenvalue weighted by Crippen LogP contribution is -2.46. The Hall–Kier alpha value is -0.650. The lowest BCUT2D eigenvalue weighted by Gasteiger charge is -2.21. The number of carbonyl (C=O) groups is 1. The van der Waals surface area contributed by atoms with E-state index in [1.165, 1.54) is 12.8 Å². The molecule has 0 saturated heterocycles. The molecule has 0 aromatic heterocycles. The van der Waals surface area contributed by atoms with Gasteiger partial charge in [-0.15, -0.1) is 0 Å². The van der Waals surface area contributed by atoms with Crippen molar-refractivity contribution in [2.45, 2.75) is 45.3 Å². The number of aliphatic hydroxyl groups excluding tert-OH is 1. The monoisotopic (exact) mass is 258 g/mol. The number of hydrogen-bond acceptors (Lipinski definition) is 4. The quantitative estimate of drug-likeness (QED) is 0.585. The largest absolute Gasteiger partial charge is 0.389 e. The lowest BCUT2D eigenvalue weighted by atomic mass is 10.1. The van der Waals surface area contributed by atoms with E-state index in [1.807, 2.05) is 20.8 Å². The minimum absolute atomic E-state index is 0.0615. The zero-order valence-electron chi connectivity index (χ0n) is 11.7. The SMILES string of the molecule is CC(C)(C)NC(=O)CNCC(O)COCC1CC1. The Labute approximate surface area is 109 Å². The first-order chi connectivity index (χ1) is 8.37. The number of aliphatic hydroxyl groups is 1. The van der Waals surface area contributed by atoms with E-state index in [0.717, 1.165) is 6.61 Å². The summed E-state index contributed by atoms with van der Waals surface area (Å²) >= 11 is 0. The van der Waals surface area contributed by atoms with E-state index in [9.17, 15) is 9.90 Å². The van der Waals surface area contributed by atoms with Crippen LogP contribution in [0.1, 0.15) is 33.6 Å². The van der Waals surface area contributed by atoms with Crippen LogP contribution in [0.4, 0.5) is 0 Å². The molecule has 1 aliphatic carbocycles. The highest BCUT2D eigenvalue weighted by Gasteiger charge is 2.21. The van der Waals surface area contributed by atoms with Crippen LogP contribution >= 0.6 is 0 Å². The molecule has 1 atom stereocenters. The van der Waals surface area contributed by atoms with Gasteiger partial charge in [0.15, 0.2) is 0 Å². The molecule has 0 heterocycles. The summed E-state index contributed by atoms with van der Waals surface area (Å²) in [6.07, 6.45) is 1.95. The summed E-state index contributed by atoms with van der Waals surface area (Å²) < 4.78 is 5.37. The fraction of sp³-hybridized carbons (Fsp3) is 0.923. The summed E-state index contributed by atoms with van der Waals surface area (Å²) in [7, 11) is 0. The van der Waals surface area contributed by atoms with E-state index in [2.05, 4.69) is 10.6 Å². The molecule has 0 radical (unpaired) electrons. The molecule has 0 spiro atoms. The first-order valence-electron chi connectivity index (χ1n) is 6.64. The predicted molar refractivity (Wildman–Crippen MR) is 70.3 cm³/mol. The van der Waals surface area contributed by atoms with Crippen molar-refractivity contribution in [3.8, 4) is 0 Å². The van der Waals surface area contributed by atoms with Gasteiger partial charge in [0.25, 0.3) is 0 Å². The Morgan fingerprint density at radius 3 is 2.67 bits per heavy atom. The van der Waals surface area contributed by atoms with Crippen molar-refractivity contribution >= 4 is 5.91 Å². The van der Waals surface area contributed by atoms with Crippen LogP contribution in [-0.2, 0) is 9.53 Å². The summed E-state index contributed by atoms with van der Waals surface area (Å²) in [6, 6.07) is 0. The number of rotatable bonds is 8. The molecule has 3 N–H and O–H groups in total. The molecular formula is C13H26N2O3. The molecule has 5 nitrogen and oxygen atoms in total. The molecule has 1 aliphatic rings. The average Bonchev–Trinajstić information content (AvgIpc) is 2.98. The van der Waals surface area contributed by atoms with Crippen LogP contribution < -0.4 is 10.6 Å². The molecule has 5 heteroatoms. The standard InChI is InChI=1S/C13H26N2O3/c1-13(2,3)15-12(17)7-14-6-11(16)9-18-8-10-4-5-10/h10-11,14,16H,4-9H2,1-3H3,(H,15,17). The van der Waals surface area contributed by atoms with Gasteiger partial charge in [-0.25, -0.2) is 0 Å². The molecule has 0 bridgehead atoms. The van der Waals surface area contributed by atoms with E-state index in [4.69, 9.17) is 4.74 Å². The van der Waals surface area contributed by atoms with Gasteiger partial charge in [0.1, 0.15) is 0 Å². The number of amides is 1. The summed E-state index contributed by atoms with van der Waals surface area (Å²) in [5, 5.41) is 15.4. The van der Waals surface area contributed by atoms with Crippen molar-refractivity contribution in [3.05, 3.63) is 0 Å². The maximum atomic E-state index is 11.5. The molecule has 1 fully saturated rings. The first kappa shape index (κ1) is 15.4. The van der Waals surface area contributed by atoms with Gasteiger partial charge in [0.05, 0.1) is 19.3 Å². The van der Waals surface area contributed by atoms with Crippen LogP contribution in [0.5, 0.6) is 0 Å². The fourth-order valence-corrected chi connectivity index (χ4v) is 1.53. The summed E-state index contributed by atoms with van der Waals surface area (Å²) in [6.45, 7) is 7.49. The van der Waals surface area contributed by atoms with Gasteiger partial charge < -0.3 is 20.5 Å². The molecule has 0 aromatic rings. The van der Waals surface area contributed by atoms with Gasteiger partial charge in [-0.1, -0.05) is 0 Å². The first-order valence-corrected chi connectivity index (χ1v) is 6.64. The average molecular weight is 258 g/mol. The second-order valence-corrected chi connectivity index (χ2v) is 6.06. The van der Waals surface area contributed by atoms with Crippen LogP contribution in [0, 0.1) is 5.92 Å². The van der Waals surface area contributed by atoms with Crippen molar-refractivity contribution in [2.24, 2.45) is 5.92 Å². The second-order valence-electron chi connectivity index (χ2n) is 6.06. The van der Waals surface area contributed by atoms with E-state index in [0.29, 0.717) is 19.1 Å². The fourth-order valence-electron chi connectivity index (χ4n) is 1.53. The van der Waals surface area contributed by atoms with Crippen LogP contribution in [-0.4, -0.2) is 49.0 Å². The van der Waals surface area contributed by atoms with Crippen molar-refractivity contribution < 1.29 is 14.6 Å². The van der Waals surface area contributed by atoms with Crippen molar-refractivity contribution in [3.63, 3.8) is 0 Å². The van der Waals surface area contributed by atoms with Crippen molar-refractivity contribution in [2.75, 3.05) is 26.3 Å². The number of ether oxygens (including phenoxy) is 1. The smallest absolute Gasteiger partial charge is 0.234 e. The highest BCUT2D eigenvalue weighted by molar-refractivity contribution is 5.78. The lowest BCUT2D eigenvalue weighted by molar-refractivity contribution is -0.121. The maximum absolute atomic E-state index is 11.5. The van der Waals surface area contributed by atoms with Crippen LogP contribution in [0.2, 0.25) is 0 Å². The highest BCUT2D eigenvalue weighted by Crippen LogP contribution is 2.28. The Morgan fingerprint density at radius 1 is 1.44 bits per heavy atom. The minimum Gasteiger partial charge on any atom is -0.389 e. The maximum Gasteiger partial charge on any atom is 0.234 e. The normalized spacial score (nSPS) is 17.6. The van der Waals surface area contributed by atoms with Gasteiger partial charge in [-0.2, -0.15) is 0 Å². The second kappa shape index (κ2) is 7.07. The summed E-state index contributed by atoms with van der Waals surface area (Å²) in [4.78, 5) is 11.5. The summed E-state index contributed by atoms with van der Waals surface area (Å²) in [5.74, 6) is 0.649. The van der Waals surface area contributed by atoms with E-state index in [1.54, 1.807) is 0 Å². The predicted octanol–water partition coefficient (Wildman–Crippen LogP) is 0.278. The Kier molecular flexibility index (Phi) is 6.05. The van der Waals surface area contributed by atoms with Crippen LogP contribution in [0.15, 0.2) is 0 Å². The minimum atomic E-state index is -0.550. The zero-order valence-corrected chi connectivity index (χ0v) is 11.7. The molecule has 1 saturated carbocycles. The molecule has 1 rings (SSSR count). The number of hydrogen-bond donors (Lipinski definition) is 3. The third kappa shape index (κ3) is 8.44.